The maximum atomic E-state index is 4.10. The van der Waals surface area contributed by atoms with Gasteiger partial charge in [0.1, 0.15) is 0 Å². The van der Waals surface area contributed by atoms with E-state index in [2.05, 4.69) is 22.0 Å². The van der Waals surface area contributed by atoms with Crippen molar-refractivity contribution in [1.29, 1.82) is 0 Å². The minimum absolute atomic E-state index is 0.0841. The van der Waals surface area contributed by atoms with Crippen molar-refractivity contribution in [3.8, 4) is 0 Å². The Morgan fingerprint density at radius 2 is 2.00 bits per heavy atom. The average molecular weight is 179 g/mol. The summed E-state index contributed by atoms with van der Waals surface area (Å²) < 4.78 is 0. The van der Waals surface area contributed by atoms with Crippen LogP contribution < -0.4 is 5.32 Å². The second-order valence-corrected chi connectivity index (χ2v) is 3.20. The first-order valence-electron chi connectivity index (χ1n) is 4.12. The van der Waals surface area contributed by atoms with E-state index in [9.17, 15) is 0 Å². The lowest BCUT2D eigenvalue weighted by Gasteiger charge is -2.11. The van der Waals surface area contributed by atoms with Crippen molar-refractivity contribution in [2.45, 2.75) is 13.8 Å². The van der Waals surface area contributed by atoms with E-state index in [0.717, 1.165) is 0 Å². The van der Waals surface area contributed by atoms with E-state index in [1.807, 2.05) is 33.2 Å². The maximum Gasteiger partial charge on any atom is 0.0421 e. The third-order valence-electron chi connectivity index (χ3n) is 1.34. The van der Waals surface area contributed by atoms with Gasteiger partial charge in [0, 0.05) is 37.3 Å². The van der Waals surface area contributed by atoms with Crippen LogP contribution in [-0.4, -0.2) is 20.0 Å². The summed E-state index contributed by atoms with van der Waals surface area (Å²) >= 11 is 0. The maximum absolute atomic E-state index is 4.10. The molecule has 0 aliphatic heterocycles. The van der Waals surface area contributed by atoms with Crippen LogP contribution in [0.2, 0.25) is 0 Å². The van der Waals surface area contributed by atoms with Gasteiger partial charge in [-0.1, -0.05) is 19.9 Å². The van der Waals surface area contributed by atoms with Gasteiger partial charge >= 0.3 is 0 Å². The Labute approximate surface area is 80.0 Å². The molecule has 0 spiro atoms. The Kier molecular flexibility index (Phi) is 5.52. The Morgan fingerprint density at radius 1 is 1.31 bits per heavy atom. The molecule has 0 saturated carbocycles. The molecule has 0 bridgehead atoms. The van der Waals surface area contributed by atoms with Gasteiger partial charge in [-0.2, -0.15) is 0 Å². The van der Waals surface area contributed by atoms with Crippen molar-refractivity contribution in [1.82, 2.24) is 5.32 Å². The quantitative estimate of drug-likeness (QED) is 0.644. The minimum Gasteiger partial charge on any atom is -0.393 e. The number of nitrogens with zero attached hydrogens (tertiary/aromatic N) is 2. The molecule has 0 unspecified atom stereocenters. The first kappa shape index (κ1) is 11.6. The van der Waals surface area contributed by atoms with Crippen LogP contribution >= 0.6 is 0 Å². The zero-order chi connectivity index (χ0) is 10.2. The molecular weight excluding hydrogens is 162 g/mol. The first-order valence-corrected chi connectivity index (χ1v) is 4.12. The lowest BCUT2D eigenvalue weighted by molar-refractivity contribution is 0.692. The zero-order valence-electron chi connectivity index (χ0n) is 8.49. The van der Waals surface area contributed by atoms with Crippen molar-refractivity contribution in [2.24, 2.45) is 15.4 Å². The van der Waals surface area contributed by atoms with Crippen molar-refractivity contribution in [3.05, 3.63) is 24.7 Å². The Morgan fingerprint density at radius 3 is 2.54 bits per heavy atom. The van der Waals surface area contributed by atoms with Gasteiger partial charge in [0.2, 0.25) is 0 Å². The number of hydrogen-bond acceptors (Lipinski definition) is 3. The smallest absolute Gasteiger partial charge is 0.0421 e. The van der Waals surface area contributed by atoms with E-state index in [4.69, 9.17) is 0 Å². The largest absolute Gasteiger partial charge is 0.393 e. The first-order chi connectivity index (χ1) is 6.12. The summed E-state index contributed by atoms with van der Waals surface area (Å²) in [5, 5.41) is 2.86. The Balaban J connectivity index is 4.15. The van der Waals surface area contributed by atoms with E-state index < -0.39 is 0 Å². The topological polar surface area (TPSA) is 36.8 Å². The number of allylic oxidation sites excluding steroid dienone is 1. The molecule has 3 nitrogen and oxygen atoms in total. The molecule has 72 valence electrons. The molecule has 0 aliphatic rings. The molecule has 0 saturated heterocycles. The lowest BCUT2D eigenvalue weighted by atomic mass is 9.96. The van der Waals surface area contributed by atoms with E-state index in [-0.39, 0.29) is 5.41 Å². The van der Waals surface area contributed by atoms with E-state index in [1.165, 1.54) is 0 Å². The van der Waals surface area contributed by atoms with Gasteiger partial charge in [0.05, 0.1) is 0 Å². The minimum atomic E-state index is -0.0841. The summed E-state index contributed by atoms with van der Waals surface area (Å²) in [5.74, 6) is 0. The van der Waals surface area contributed by atoms with Crippen LogP contribution in [-0.2, 0) is 0 Å². The summed E-state index contributed by atoms with van der Waals surface area (Å²) in [6, 6.07) is 0. The predicted molar refractivity (Wildman–Crippen MR) is 59.2 cm³/mol. The molecule has 0 amide bonds. The predicted octanol–water partition coefficient (Wildman–Crippen LogP) is 1.99. The SMILES string of the molecule is C=N/C=C\C(C)(C)/C=N\C=CNC. The van der Waals surface area contributed by atoms with E-state index in [0.29, 0.717) is 0 Å². The molecule has 0 aromatic carbocycles. The third kappa shape index (κ3) is 7.00. The molecule has 0 rings (SSSR count). The molecule has 0 fully saturated rings. The summed E-state index contributed by atoms with van der Waals surface area (Å²) in [7, 11) is 1.83. The highest BCUT2D eigenvalue weighted by atomic mass is 14.8. The third-order valence-corrected chi connectivity index (χ3v) is 1.34. The molecule has 0 aromatic heterocycles. The molecule has 3 heteroatoms. The van der Waals surface area contributed by atoms with Crippen LogP contribution in [0.1, 0.15) is 13.8 Å². The lowest BCUT2D eigenvalue weighted by Crippen LogP contribution is -2.08. The van der Waals surface area contributed by atoms with Crippen molar-refractivity contribution in [3.63, 3.8) is 0 Å². The van der Waals surface area contributed by atoms with Crippen LogP contribution in [0.4, 0.5) is 0 Å². The molecule has 0 heterocycles. The zero-order valence-corrected chi connectivity index (χ0v) is 8.49. The van der Waals surface area contributed by atoms with Crippen LogP contribution in [0.25, 0.3) is 0 Å². The van der Waals surface area contributed by atoms with Gasteiger partial charge in [0.25, 0.3) is 0 Å². The molecule has 13 heavy (non-hydrogen) atoms. The van der Waals surface area contributed by atoms with Crippen LogP contribution in [0.3, 0.4) is 0 Å². The highest BCUT2D eigenvalue weighted by Gasteiger charge is 2.08. The van der Waals surface area contributed by atoms with Crippen molar-refractivity contribution >= 4 is 12.9 Å². The molecule has 0 atom stereocenters. The fourth-order valence-electron chi connectivity index (χ4n) is 0.641. The number of aliphatic imine (C=N–C) groups is 2. The fourth-order valence-corrected chi connectivity index (χ4v) is 0.641. The summed E-state index contributed by atoms with van der Waals surface area (Å²) in [5.41, 5.74) is -0.0841. The molecule has 0 radical (unpaired) electrons. The van der Waals surface area contributed by atoms with Crippen LogP contribution in [0.15, 0.2) is 34.7 Å². The normalized spacial score (nSPS) is 13.2. The fraction of sp³-hybridized carbons (Fsp3) is 0.400. The van der Waals surface area contributed by atoms with Gasteiger partial charge < -0.3 is 5.32 Å². The van der Waals surface area contributed by atoms with Gasteiger partial charge in [-0.15, -0.1) is 0 Å². The average Bonchev–Trinajstić information content (AvgIpc) is 2.09. The van der Waals surface area contributed by atoms with Gasteiger partial charge in [-0.05, 0) is 6.72 Å². The molecule has 1 N–H and O–H groups in total. The van der Waals surface area contributed by atoms with Gasteiger partial charge in [-0.3, -0.25) is 9.98 Å². The Hall–Kier alpha value is -1.38. The highest BCUT2D eigenvalue weighted by Crippen LogP contribution is 2.13. The summed E-state index contributed by atoms with van der Waals surface area (Å²) in [6.07, 6.45) is 8.94. The van der Waals surface area contributed by atoms with Crippen LogP contribution in [0.5, 0.6) is 0 Å². The second kappa shape index (κ2) is 6.17. The second-order valence-electron chi connectivity index (χ2n) is 3.20. The monoisotopic (exact) mass is 179 g/mol. The van der Waals surface area contributed by atoms with Crippen LogP contribution in [0, 0.1) is 5.41 Å². The molecular formula is C10H17N3. The van der Waals surface area contributed by atoms with Crippen molar-refractivity contribution < 1.29 is 0 Å². The van der Waals surface area contributed by atoms with Gasteiger partial charge in [0.15, 0.2) is 0 Å². The Bertz CT molecular complexity index is 224. The molecule has 0 aromatic rings. The number of nitrogens with one attached hydrogen (secondary N) is 1. The summed E-state index contributed by atoms with van der Waals surface area (Å²) in [6.45, 7) is 7.46. The van der Waals surface area contributed by atoms with E-state index in [1.54, 1.807) is 18.6 Å². The van der Waals surface area contributed by atoms with Gasteiger partial charge in [-0.25, -0.2) is 0 Å². The number of rotatable bonds is 5. The highest BCUT2D eigenvalue weighted by molar-refractivity contribution is 5.68. The number of hydrogen-bond donors (Lipinski definition) is 1. The summed E-state index contributed by atoms with van der Waals surface area (Å²) in [4.78, 5) is 7.75. The van der Waals surface area contributed by atoms with E-state index >= 15 is 0 Å². The standard InChI is InChI=1S/C10H17N3/c1-10(2,5-6-11-3)9-13-8-7-12-4/h5-9,12H,3H2,1-2,4H3/b6-5-,8-7?,13-9-. The van der Waals surface area contributed by atoms with Crippen molar-refractivity contribution in [2.75, 3.05) is 7.05 Å². The molecule has 0 aliphatic carbocycles.